The van der Waals surface area contributed by atoms with E-state index < -0.39 is 5.91 Å². The topological polar surface area (TPSA) is 89.5 Å². The molecular formula is C16H17Cl2N3O4S. The minimum Gasteiger partial charge on any atom is -0.492 e. The minimum atomic E-state index is -0.485. The van der Waals surface area contributed by atoms with Crippen molar-refractivity contribution < 1.29 is 19.1 Å². The van der Waals surface area contributed by atoms with Gasteiger partial charge in [-0.05, 0) is 24.6 Å². The standard InChI is InChI=1S/C16H17Cl2N3O4S/c1-24-8-15-19-12(9-26-15)16(23)21-20-14(22)3-2-6-25-13-5-4-10(17)7-11(13)18/h4-5,7,9H,2-3,6,8H2,1H3,(H,20,22)(H,21,23). The number of hydrazine groups is 1. The number of methoxy groups -OCH3 is 1. The first-order valence-corrected chi connectivity index (χ1v) is 9.23. The maximum absolute atomic E-state index is 11.9. The van der Waals surface area contributed by atoms with E-state index in [1.165, 1.54) is 11.3 Å². The number of thiazole rings is 1. The number of ether oxygens (including phenoxy) is 2. The zero-order valence-corrected chi connectivity index (χ0v) is 16.2. The fraction of sp³-hybridized carbons (Fsp3) is 0.312. The van der Waals surface area contributed by atoms with E-state index in [-0.39, 0.29) is 18.0 Å². The van der Waals surface area contributed by atoms with Gasteiger partial charge in [-0.15, -0.1) is 11.3 Å². The summed E-state index contributed by atoms with van der Waals surface area (Å²) in [5, 5.41) is 3.21. The number of amides is 2. The van der Waals surface area contributed by atoms with Crippen molar-refractivity contribution in [3.8, 4) is 5.75 Å². The van der Waals surface area contributed by atoms with Gasteiger partial charge in [-0.2, -0.15) is 0 Å². The monoisotopic (exact) mass is 417 g/mol. The smallest absolute Gasteiger partial charge is 0.289 e. The summed E-state index contributed by atoms with van der Waals surface area (Å²) >= 11 is 13.1. The summed E-state index contributed by atoms with van der Waals surface area (Å²) < 4.78 is 10.4. The Labute approximate surface area is 164 Å². The van der Waals surface area contributed by atoms with E-state index in [0.717, 1.165) is 0 Å². The molecule has 0 fully saturated rings. The zero-order chi connectivity index (χ0) is 18.9. The van der Waals surface area contributed by atoms with E-state index in [9.17, 15) is 9.59 Å². The minimum absolute atomic E-state index is 0.178. The van der Waals surface area contributed by atoms with Gasteiger partial charge in [-0.25, -0.2) is 4.98 Å². The van der Waals surface area contributed by atoms with Gasteiger partial charge in [-0.3, -0.25) is 20.4 Å². The highest BCUT2D eigenvalue weighted by atomic mass is 35.5. The lowest BCUT2D eigenvalue weighted by atomic mass is 10.3. The summed E-state index contributed by atoms with van der Waals surface area (Å²) in [6.07, 6.45) is 0.632. The Hall–Kier alpha value is -1.87. The van der Waals surface area contributed by atoms with Gasteiger partial charge in [-0.1, -0.05) is 23.2 Å². The lowest BCUT2D eigenvalue weighted by molar-refractivity contribution is -0.122. The molecular weight excluding hydrogens is 401 g/mol. The Kier molecular flexibility index (Phi) is 8.11. The molecule has 7 nitrogen and oxygen atoms in total. The second-order valence-electron chi connectivity index (χ2n) is 5.09. The summed E-state index contributed by atoms with van der Waals surface area (Å²) in [5.74, 6) is -0.321. The zero-order valence-electron chi connectivity index (χ0n) is 13.9. The fourth-order valence-corrected chi connectivity index (χ4v) is 3.07. The molecule has 0 atom stereocenters. The first-order chi connectivity index (χ1) is 12.5. The first-order valence-electron chi connectivity index (χ1n) is 7.60. The normalized spacial score (nSPS) is 10.4. The molecule has 0 aliphatic rings. The molecule has 140 valence electrons. The predicted molar refractivity (Wildman–Crippen MR) is 99.6 cm³/mol. The van der Waals surface area contributed by atoms with Crippen LogP contribution in [0, 0.1) is 0 Å². The van der Waals surface area contributed by atoms with Gasteiger partial charge in [0.15, 0.2) is 0 Å². The highest BCUT2D eigenvalue weighted by molar-refractivity contribution is 7.09. The summed E-state index contributed by atoms with van der Waals surface area (Å²) in [5.41, 5.74) is 4.88. The van der Waals surface area contributed by atoms with Crippen molar-refractivity contribution >= 4 is 46.4 Å². The molecule has 0 radical (unpaired) electrons. The van der Waals surface area contributed by atoms with Gasteiger partial charge in [0, 0.05) is 23.9 Å². The number of hydrogen-bond acceptors (Lipinski definition) is 6. The maximum Gasteiger partial charge on any atom is 0.289 e. The number of aromatic nitrogens is 1. The molecule has 0 aliphatic carbocycles. The number of nitrogens with zero attached hydrogens (tertiary/aromatic N) is 1. The number of nitrogens with one attached hydrogen (secondary N) is 2. The molecule has 26 heavy (non-hydrogen) atoms. The van der Waals surface area contributed by atoms with E-state index in [1.807, 2.05) is 0 Å². The summed E-state index contributed by atoms with van der Waals surface area (Å²) in [6.45, 7) is 0.636. The Morgan fingerprint density at radius 3 is 2.81 bits per heavy atom. The van der Waals surface area contributed by atoms with E-state index in [1.54, 1.807) is 30.7 Å². The molecule has 1 aromatic carbocycles. The molecule has 0 unspecified atom stereocenters. The van der Waals surface area contributed by atoms with Gasteiger partial charge < -0.3 is 9.47 Å². The van der Waals surface area contributed by atoms with Crippen molar-refractivity contribution in [1.29, 1.82) is 0 Å². The Balaban J connectivity index is 1.66. The van der Waals surface area contributed by atoms with Crippen LogP contribution in [0.25, 0.3) is 0 Å². The number of halogens is 2. The fourth-order valence-electron chi connectivity index (χ4n) is 1.87. The lowest BCUT2D eigenvalue weighted by Crippen LogP contribution is -2.41. The lowest BCUT2D eigenvalue weighted by Gasteiger charge is -2.09. The third-order valence-electron chi connectivity index (χ3n) is 3.07. The highest BCUT2D eigenvalue weighted by Crippen LogP contribution is 2.27. The molecule has 0 aliphatic heterocycles. The van der Waals surface area contributed by atoms with Crippen molar-refractivity contribution in [2.45, 2.75) is 19.4 Å². The largest absolute Gasteiger partial charge is 0.492 e. The quantitative estimate of drug-likeness (QED) is 0.508. The SMILES string of the molecule is COCc1nc(C(=O)NNC(=O)CCCOc2ccc(Cl)cc2Cl)cs1. The Bertz CT molecular complexity index is 770. The molecule has 0 saturated carbocycles. The van der Waals surface area contributed by atoms with E-state index >= 15 is 0 Å². The summed E-state index contributed by atoms with van der Waals surface area (Å²) in [7, 11) is 1.55. The van der Waals surface area contributed by atoms with Crippen LogP contribution in [0.2, 0.25) is 10.0 Å². The average Bonchev–Trinajstić information content (AvgIpc) is 3.07. The van der Waals surface area contributed by atoms with Gasteiger partial charge in [0.1, 0.15) is 16.5 Å². The number of benzene rings is 1. The Morgan fingerprint density at radius 1 is 1.27 bits per heavy atom. The molecule has 2 amide bonds. The second kappa shape index (κ2) is 10.3. The molecule has 2 rings (SSSR count). The van der Waals surface area contributed by atoms with Gasteiger partial charge >= 0.3 is 0 Å². The van der Waals surface area contributed by atoms with Gasteiger partial charge in [0.2, 0.25) is 5.91 Å². The van der Waals surface area contributed by atoms with Crippen molar-refractivity contribution in [1.82, 2.24) is 15.8 Å². The van der Waals surface area contributed by atoms with Crippen molar-refractivity contribution in [2.24, 2.45) is 0 Å². The van der Waals surface area contributed by atoms with Crippen LogP contribution in [-0.2, 0) is 16.1 Å². The van der Waals surface area contributed by atoms with Crippen molar-refractivity contribution in [3.05, 3.63) is 44.3 Å². The molecule has 2 aromatic rings. The van der Waals surface area contributed by atoms with Crippen LogP contribution >= 0.6 is 34.5 Å². The van der Waals surface area contributed by atoms with Crippen LogP contribution in [0.1, 0.15) is 28.3 Å². The average molecular weight is 418 g/mol. The molecule has 0 saturated heterocycles. The van der Waals surface area contributed by atoms with Crippen LogP contribution in [0.5, 0.6) is 5.75 Å². The number of carbonyl (C=O) groups is 2. The van der Waals surface area contributed by atoms with Crippen molar-refractivity contribution in [2.75, 3.05) is 13.7 Å². The first kappa shape index (κ1) is 20.4. The highest BCUT2D eigenvalue weighted by Gasteiger charge is 2.11. The van der Waals surface area contributed by atoms with Crippen LogP contribution < -0.4 is 15.6 Å². The number of rotatable bonds is 8. The number of hydrogen-bond donors (Lipinski definition) is 2. The van der Waals surface area contributed by atoms with E-state index in [2.05, 4.69) is 15.8 Å². The summed E-state index contributed by atoms with van der Waals surface area (Å²) in [6, 6.07) is 4.91. The molecule has 0 spiro atoms. The van der Waals surface area contributed by atoms with Crippen molar-refractivity contribution in [3.63, 3.8) is 0 Å². The maximum atomic E-state index is 11.9. The summed E-state index contributed by atoms with van der Waals surface area (Å²) in [4.78, 5) is 27.7. The molecule has 2 N–H and O–H groups in total. The van der Waals surface area contributed by atoms with Crippen LogP contribution in [-0.4, -0.2) is 30.5 Å². The van der Waals surface area contributed by atoms with Gasteiger partial charge in [0.25, 0.3) is 5.91 Å². The molecule has 1 heterocycles. The Morgan fingerprint density at radius 2 is 2.08 bits per heavy atom. The molecule has 1 aromatic heterocycles. The number of carbonyl (C=O) groups excluding carboxylic acids is 2. The van der Waals surface area contributed by atoms with Gasteiger partial charge in [0.05, 0.1) is 18.2 Å². The third-order valence-corrected chi connectivity index (χ3v) is 4.42. The van der Waals surface area contributed by atoms with E-state index in [0.29, 0.717) is 40.4 Å². The third kappa shape index (κ3) is 6.45. The van der Waals surface area contributed by atoms with Crippen LogP contribution in [0.3, 0.4) is 0 Å². The second-order valence-corrected chi connectivity index (χ2v) is 6.87. The van der Waals surface area contributed by atoms with Crippen LogP contribution in [0.4, 0.5) is 0 Å². The molecule has 10 heteroatoms. The van der Waals surface area contributed by atoms with E-state index in [4.69, 9.17) is 32.7 Å². The molecule has 0 bridgehead atoms. The van der Waals surface area contributed by atoms with Crippen LogP contribution in [0.15, 0.2) is 23.6 Å². The predicted octanol–water partition coefficient (Wildman–Crippen LogP) is 3.22.